The van der Waals surface area contributed by atoms with Crippen LogP contribution in [-0.4, -0.2) is 57.6 Å². The minimum Gasteiger partial charge on any atom is -0.492 e. The first kappa shape index (κ1) is 28.9. The van der Waals surface area contributed by atoms with E-state index in [1.165, 1.54) is 6.20 Å². The molecule has 212 valence electrons. The predicted molar refractivity (Wildman–Crippen MR) is 152 cm³/mol. The van der Waals surface area contributed by atoms with Gasteiger partial charge in [0.2, 0.25) is 0 Å². The molecule has 0 aliphatic rings. The van der Waals surface area contributed by atoms with Gasteiger partial charge in [0.1, 0.15) is 12.4 Å². The average Bonchev–Trinajstić information content (AvgIpc) is 3.60. The van der Waals surface area contributed by atoms with Crippen molar-refractivity contribution in [1.29, 1.82) is 0 Å². The van der Waals surface area contributed by atoms with Crippen molar-refractivity contribution in [2.75, 3.05) is 27.2 Å². The third kappa shape index (κ3) is 6.93. The Morgan fingerprint density at radius 3 is 2.42 bits per heavy atom. The van der Waals surface area contributed by atoms with E-state index in [4.69, 9.17) is 4.74 Å². The Balaban J connectivity index is 1.63. The van der Waals surface area contributed by atoms with E-state index >= 15 is 0 Å². The second kappa shape index (κ2) is 12.4. The van der Waals surface area contributed by atoms with Gasteiger partial charge in [-0.15, -0.1) is 0 Å². The van der Waals surface area contributed by atoms with Crippen molar-refractivity contribution in [3.63, 3.8) is 0 Å². The quantitative estimate of drug-likeness (QED) is 0.243. The Hall–Kier alpha value is -4.05. The van der Waals surface area contributed by atoms with Crippen LogP contribution in [0.3, 0.4) is 0 Å². The van der Waals surface area contributed by atoms with Gasteiger partial charge < -0.3 is 15.0 Å². The monoisotopic (exact) mass is 550 g/mol. The fourth-order valence-electron chi connectivity index (χ4n) is 4.23. The molecule has 10 heteroatoms. The largest absolute Gasteiger partial charge is 0.492 e. The van der Waals surface area contributed by atoms with Crippen molar-refractivity contribution in [3.05, 3.63) is 77.7 Å². The number of aryl methyl sites for hydroxylation is 1. The molecule has 1 atom stereocenters. The summed E-state index contributed by atoms with van der Waals surface area (Å²) in [4.78, 5) is 15.4. The lowest BCUT2D eigenvalue weighted by Crippen LogP contribution is -2.27. The van der Waals surface area contributed by atoms with E-state index < -0.39 is 6.55 Å². The topological polar surface area (TPSA) is 77.2 Å². The molecule has 8 nitrogen and oxygen atoms in total. The molecule has 1 N–H and O–H groups in total. The number of benzene rings is 2. The van der Waals surface area contributed by atoms with Crippen molar-refractivity contribution < 1.29 is 18.3 Å². The van der Waals surface area contributed by atoms with Gasteiger partial charge in [-0.3, -0.25) is 9.48 Å². The average molecular weight is 551 g/mol. The van der Waals surface area contributed by atoms with Gasteiger partial charge in [-0.05, 0) is 94.9 Å². The summed E-state index contributed by atoms with van der Waals surface area (Å²) in [6, 6.07) is 12.6. The summed E-state index contributed by atoms with van der Waals surface area (Å²) in [5.74, 6) is 0.399. The SMILES string of the molecule is Cc1ccc(OCCN(C)C)cc1C(=O)N[C@H](C)c1cc(-c2cnn(C(C)C)c2)cc(-c2ccn(C(F)F)n2)c1. The van der Waals surface area contributed by atoms with Gasteiger partial charge >= 0.3 is 6.55 Å². The van der Waals surface area contributed by atoms with Crippen LogP contribution in [0, 0.1) is 6.92 Å². The Labute approximate surface area is 233 Å². The van der Waals surface area contributed by atoms with Gasteiger partial charge in [0.15, 0.2) is 0 Å². The standard InChI is InChI=1S/C30H36F2N6O2/c1-19(2)38-18-25(17-33-38)23-13-22(14-24(15-23)28-9-10-37(35-28)30(31)32)21(4)34-29(39)27-16-26(8-7-20(27)3)40-12-11-36(5)6/h7-10,13-19,21,30H,11-12H2,1-6H3,(H,34,39)/t21-/m1/s1. The zero-order valence-electron chi connectivity index (χ0n) is 23.7. The Morgan fingerprint density at radius 2 is 1.77 bits per heavy atom. The summed E-state index contributed by atoms with van der Waals surface area (Å²) in [5, 5.41) is 11.6. The molecule has 40 heavy (non-hydrogen) atoms. The van der Waals surface area contributed by atoms with Crippen molar-refractivity contribution in [3.8, 4) is 28.1 Å². The number of carbonyl (C=O) groups is 1. The van der Waals surface area contributed by atoms with Crippen LogP contribution < -0.4 is 10.1 Å². The molecule has 0 radical (unpaired) electrons. The first-order valence-corrected chi connectivity index (χ1v) is 13.2. The number of halogens is 2. The number of alkyl halides is 2. The van der Waals surface area contributed by atoms with Gasteiger partial charge in [-0.25, -0.2) is 4.68 Å². The number of hydrogen-bond donors (Lipinski definition) is 1. The third-order valence-corrected chi connectivity index (χ3v) is 6.63. The number of likely N-dealkylation sites (N-methyl/N-ethyl adjacent to an activating group) is 1. The Bertz CT molecular complexity index is 1400. The molecular formula is C30H36F2N6O2. The summed E-state index contributed by atoms with van der Waals surface area (Å²) >= 11 is 0. The Kier molecular flexibility index (Phi) is 8.99. The fourth-order valence-corrected chi connectivity index (χ4v) is 4.23. The minimum absolute atomic E-state index is 0.183. The summed E-state index contributed by atoms with van der Waals surface area (Å²) in [6.45, 7) is 6.39. The number of nitrogens with zero attached hydrogens (tertiary/aromatic N) is 5. The molecule has 0 bridgehead atoms. The molecule has 0 unspecified atom stereocenters. The molecule has 0 saturated heterocycles. The first-order valence-electron chi connectivity index (χ1n) is 13.2. The van der Waals surface area contributed by atoms with Crippen molar-refractivity contribution in [2.24, 2.45) is 0 Å². The lowest BCUT2D eigenvalue weighted by molar-refractivity contribution is 0.0568. The maximum atomic E-state index is 13.4. The van der Waals surface area contributed by atoms with Gasteiger partial charge in [0.05, 0.1) is 17.9 Å². The van der Waals surface area contributed by atoms with E-state index in [2.05, 4.69) is 15.5 Å². The van der Waals surface area contributed by atoms with Crippen LogP contribution >= 0.6 is 0 Å². The van der Waals surface area contributed by atoms with Crippen LogP contribution in [0.4, 0.5) is 8.78 Å². The smallest absolute Gasteiger partial charge is 0.333 e. The lowest BCUT2D eigenvalue weighted by atomic mass is 9.96. The van der Waals surface area contributed by atoms with Crippen LogP contribution in [0.5, 0.6) is 5.75 Å². The molecule has 4 rings (SSSR count). The van der Waals surface area contributed by atoms with Gasteiger partial charge in [0, 0.05) is 41.7 Å². The number of nitrogens with one attached hydrogen (secondary N) is 1. The zero-order valence-corrected chi connectivity index (χ0v) is 23.7. The van der Waals surface area contributed by atoms with Crippen LogP contribution in [0.2, 0.25) is 0 Å². The number of amides is 1. The van der Waals surface area contributed by atoms with E-state index in [0.717, 1.165) is 28.8 Å². The van der Waals surface area contributed by atoms with Crippen molar-refractivity contribution in [2.45, 2.75) is 46.3 Å². The molecule has 0 spiro atoms. The van der Waals surface area contributed by atoms with Crippen LogP contribution in [0.1, 0.15) is 60.9 Å². The minimum atomic E-state index is -2.73. The molecule has 1 amide bonds. The van der Waals surface area contributed by atoms with E-state index in [1.54, 1.807) is 18.3 Å². The number of hydrogen-bond acceptors (Lipinski definition) is 5. The predicted octanol–water partition coefficient (Wildman–Crippen LogP) is 6.13. The summed E-state index contributed by atoms with van der Waals surface area (Å²) in [5.41, 5.74) is 4.97. The maximum absolute atomic E-state index is 13.4. The molecule has 0 saturated carbocycles. The zero-order chi connectivity index (χ0) is 29.0. The molecule has 2 aromatic heterocycles. The summed E-state index contributed by atoms with van der Waals surface area (Å²) < 4.78 is 34.8. The highest BCUT2D eigenvalue weighted by molar-refractivity contribution is 5.96. The van der Waals surface area contributed by atoms with Gasteiger partial charge in [-0.1, -0.05) is 6.07 Å². The van der Waals surface area contributed by atoms with Crippen molar-refractivity contribution in [1.82, 2.24) is 29.8 Å². The van der Waals surface area contributed by atoms with E-state index in [9.17, 15) is 13.6 Å². The number of ether oxygens (including phenoxy) is 1. The summed E-state index contributed by atoms with van der Waals surface area (Å²) in [6.07, 6.45) is 4.97. The molecule has 0 aliphatic heterocycles. The third-order valence-electron chi connectivity index (χ3n) is 6.63. The number of carbonyl (C=O) groups excluding carboxylic acids is 1. The molecular weight excluding hydrogens is 514 g/mol. The lowest BCUT2D eigenvalue weighted by Gasteiger charge is -2.18. The van der Waals surface area contributed by atoms with Crippen LogP contribution in [0.15, 0.2) is 61.1 Å². The number of rotatable bonds is 11. The highest BCUT2D eigenvalue weighted by Crippen LogP contribution is 2.31. The second-order valence-electron chi connectivity index (χ2n) is 10.4. The Morgan fingerprint density at radius 1 is 1.02 bits per heavy atom. The maximum Gasteiger partial charge on any atom is 0.333 e. The van der Waals surface area contributed by atoms with E-state index in [-0.39, 0.29) is 18.0 Å². The highest BCUT2D eigenvalue weighted by atomic mass is 19.3. The van der Waals surface area contributed by atoms with E-state index in [0.29, 0.717) is 33.9 Å². The van der Waals surface area contributed by atoms with Gasteiger partial charge in [-0.2, -0.15) is 19.0 Å². The van der Waals surface area contributed by atoms with E-state index in [1.807, 2.05) is 87.9 Å². The molecule has 0 aliphatic carbocycles. The first-order chi connectivity index (χ1) is 19.0. The molecule has 0 fully saturated rings. The fraction of sp³-hybridized carbons (Fsp3) is 0.367. The van der Waals surface area contributed by atoms with Crippen LogP contribution in [0.25, 0.3) is 22.4 Å². The molecule has 2 aromatic carbocycles. The second-order valence-corrected chi connectivity index (χ2v) is 10.4. The molecule has 2 heterocycles. The van der Waals surface area contributed by atoms with Crippen molar-refractivity contribution >= 4 is 5.91 Å². The molecule has 4 aromatic rings. The van der Waals surface area contributed by atoms with Gasteiger partial charge in [0.25, 0.3) is 5.91 Å². The normalized spacial score (nSPS) is 12.4. The number of aromatic nitrogens is 4. The van der Waals surface area contributed by atoms with Crippen LogP contribution in [-0.2, 0) is 0 Å². The highest BCUT2D eigenvalue weighted by Gasteiger charge is 2.18. The summed E-state index contributed by atoms with van der Waals surface area (Å²) in [7, 11) is 3.94.